The highest BCUT2D eigenvalue weighted by molar-refractivity contribution is 5.97. The second-order valence-electron chi connectivity index (χ2n) is 5.35. The van der Waals surface area contributed by atoms with Crippen LogP contribution in [0.2, 0.25) is 0 Å². The zero-order valence-electron chi connectivity index (χ0n) is 11.8. The lowest BCUT2D eigenvalue weighted by Crippen LogP contribution is -2.40. The Hall–Kier alpha value is -1.68. The number of likely N-dealkylation sites (tertiary alicyclic amines) is 1. The van der Waals surface area contributed by atoms with Gasteiger partial charge < -0.3 is 10.6 Å². The summed E-state index contributed by atoms with van der Waals surface area (Å²) in [4.78, 5) is 25.9. The number of rotatable bonds is 5. The zero-order chi connectivity index (χ0) is 14.4. The van der Waals surface area contributed by atoms with Gasteiger partial charge >= 0.3 is 0 Å². The normalized spacial score (nSPS) is 16.1. The Kier molecular flexibility index (Phi) is 5.30. The Bertz CT molecular complexity index is 451. The molecule has 0 spiro atoms. The second-order valence-corrected chi connectivity index (χ2v) is 5.35. The molecule has 0 atom stereocenters. The number of amides is 1. The Morgan fingerprint density at radius 2 is 1.75 bits per heavy atom. The summed E-state index contributed by atoms with van der Waals surface area (Å²) in [5, 5.41) is 0. The average Bonchev–Trinajstić information content (AvgIpc) is 2.53. The first kappa shape index (κ1) is 14.7. The number of piperidine rings is 1. The molecule has 4 nitrogen and oxygen atoms in total. The molecule has 2 N–H and O–H groups in total. The molecule has 1 fully saturated rings. The van der Waals surface area contributed by atoms with E-state index in [0.29, 0.717) is 30.9 Å². The summed E-state index contributed by atoms with van der Waals surface area (Å²) in [6.45, 7) is 2.26. The summed E-state index contributed by atoms with van der Waals surface area (Å²) in [7, 11) is 0. The van der Waals surface area contributed by atoms with Crippen molar-refractivity contribution in [3.05, 3.63) is 35.9 Å². The van der Waals surface area contributed by atoms with Crippen molar-refractivity contribution < 1.29 is 9.59 Å². The van der Waals surface area contributed by atoms with Crippen molar-refractivity contribution >= 4 is 11.7 Å². The number of nitrogens with two attached hydrogens (primary N) is 1. The number of hydrogen-bond donors (Lipinski definition) is 1. The minimum atomic E-state index is 0.0378. The maximum atomic E-state index is 12.1. The number of nitrogens with zero attached hydrogens (tertiary/aromatic N) is 1. The van der Waals surface area contributed by atoms with Gasteiger partial charge in [0.2, 0.25) is 5.91 Å². The summed E-state index contributed by atoms with van der Waals surface area (Å²) in [6, 6.07) is 9.14. The van der Waals surface area contributed by atoms with Gasteiger partial charge in [0.1, 0.15) is 0 Å². The molecule has 1 aromatic rings. The topological polar surface area (TPSA) is 63.4 Å². The Balaban J connectivity index is 1.77. The van der Waals surface area contributed by atoms with E-state index < -0.39 is 0 Å². The number of carbonyl (C=O) groups is 2. The van der Waals surface area contributed by atoms with E-state index in [1.807, 2.05) is 23.1 Å². The van der Waals surface area contributed by atoms with E-state index in [2.05, 4.69) is 0 Å². The maximum Gasteiger partial charge on any atom is 0.223 e. The van der Waals surface area contributed by atoms with E-state index in [1.165, 1.54) is 0 Å². The van der Waals surface area contributed by atoms with Crippen molar-refractivity contribution in [1.29, 1.82) is 0 Å². The average molecular weight is 274 g/mol. The van der Waals surface area contributed by atoms with Crippen molar-refractivity contribution in [3.8, 4) is 0 Å². The molecular formula is C16H22N2O2. The summed E-state index contributed by atoms with van der Waals surface area (Å²) in [5.41, 5.74) is 6.32. The highest BCUT2D eigenvalue weighted by Gasteiger charge is 2.22. The molecule has 1 aliphatic heterocycles. The molecule has 0 aromatic heterocycles. The summed E-state index contributed by atoms with van der Waals surface area (Å²) < 4.78 is 0. The van der Waals surface area contributed by atoms with Gasteiger partial charge in [-0.15, -0.1) is 0 Å². The van der Waals surface area contributed by atoms with Crippen LogP contribution in [0.15, 0.2) is 30.3 Å². The van der Waals surface area contributed by atoms with Crippen LogP contribution in [0, 0.1) is 5.92 Å². The van der Waals surface area contributed by atoms with Crippen molar-refractivity contribution in [2.24, 2.45) is 11.7 Å². The van der Waals surface area contributed by atoms with Crippen molar-refractivity contribution in [1.82, 2.24) is 4.90 Å². The van der Waals surface area contributed by atoms with Gasteiger partial charge in [0.25, 0.3) is 0 Å². The van der Waals surface area contributed by atoms with Gasteiger partial charge in [0.05, 0.1) is 0 Å². The fraction of sp³-hybridized carbons (Fsp3) is 0.500. The number of Topliss-reactive ketones (excluding diaryl/α,β-unsaturated/α-hetero) is 1. The van der Waals surface area contributed by atoms with E-state index >= 15 is 0 Å². The largest absolute Gasteiger partial charge is 0.343 e. The van der Waals surface area contributed by atoms with E-state index in [9.17, 15) is 9.59 Å². The lowest BCUT2D eigenvalue weighted by Gasteiger charge is -2.31. The summed E-state index contributed by atoms with van der Waals surface area (Å²) >= 11 is 0. The van der Waals surface area contributed by atoms with Crippen LogP contribution >= 0.6 is 0 Å². The molecule has 0 aliphatic carbocycles. The zero-order valence-corrected chi connectivity index (χ0v) is 11.8. The lowest BCUT2D eigenvalue weighted by atomic mass is 9.96. The molecule has 0 unspecified atom stereocenters. The highest BCUT2D eigenvalue weighted by Crippen LogP contribution is 2.17. The molecular weight excluding hydrogens is 252 g/mol. The molecule has 0 radical (unpaired) electrons. The van der Waals surface area contributed by atoms with Gasteiger partial charge in [-0.05, 0) is 25.3 Å². The fourth-order valence-electron chi connectivity index (χ4n) is 2.57. The van der Waals surface area contributed by atoms with Gasteiger partial charge in [-0.3, -0.25) is 9.59 Å². The quantitative estimate of drug-likeness (QED) is 0.833. The Morgan fingerprint density at radius 1 is 1.10 bits per heavy atom. The predicted octanol–water partition coefficient (Wildman–Crippen LogP) is 1.85. The molecule has 4 heteroatoms. The van der Waals surface area contributed by atoms with Crippen molar-refractivity contribution in [3.63, 3.8) is 0 Å². The van der Waals surface area contributed by atoms with Crippen molar-refractivity contribution in [2.45, 2.75) is 25.7 Å². The van der Waals surface area contributed by atoms with Gasteiger partial charge in [0, 0.05) is 31.5 Å². The van der Waals surface area contributed by atoms with Gasteiger partial charge in [-0.25, -0.2) is 0 Å². The molecule has 20 heavy (non-hydrogen) atoms. The van der Waals surface area contributed by atoms with Crippen LogP contribution < -0.4 is 5.73 Å². The van der Waals surface area contributed by atoms with Gasteiger partial charge in [-0.2, -0.15) is 0 Å². The summed E-state index contributed by atoms with van der Waals surface area (Å²) in [5.74, 6) is 0.672. The van der Waals surface area contributed by atoms with Crippen LogP contribution in [0.5, 0.6) is 0 Å². The maximum absolute atomic E-state index is 12.1. The van der Waals surface area contributed by atoms with Gasteiger partial charge in [0.15, 0.2) is 5.78 Å². The first-order chi connectivity index (χ1) is 9.70. The molecule has 1 aliphatic rings. The molecule has 0 saturated carbocycles. The van der Waals surface area contributed by atoms with Gasteiger partial charge in [-0.1, -0.05) is 30.3 Å². The first-order valence-corrected chi connectivity index (χ1v) is 7.27. The van der Waals surface area contributed by atoms with E-state index in [1.54, 1.807) is 12.1 Å². The first-order valence-electron chi connectivity index (χ1n) is 7.27. The van der Waals surface area contributed by atoms with E-state index in [-0.39, 0.29) is 11.7 Å². The minimum Gasteiger partial charge on any atom is -0.343 e. The SMILES string of the molecule is NCC1CCN(C(=O)CCC(=O)c2ccccc2)CC1. The molecule has 108 valence electrons. The molecule has 0 bridgehead atoms. The molecule has 1 aromatic carbocycles. The minimum absolute atomic E-state index is 0.0378. The van der Waals surface area contributed by atoms with E-state index in [4.69, 9.17) is 5.73 Å². The van der Waals surface area contributed by atoms with Crippen LogP contribution in [0.25, 0.3) is 0 Å². The monoisotopic (exact) mass is 274 g/mol. The predicted molar refractivity (Wildman–Crippen MR) is 78.4 cm³/mol. The van der Waals surface area contributed by atoms with Crippen LogP contribution in [0.3, 0.4) is 0 Å². The Labute approximate surface area is 119 Å². The van der Waals surface area contributed by atoms with Crippen molar-refractivity contribution in [2.75, 3.05) is 19.6 Å². The number of hydrogen-bond acceptors (Lipinski definition) is 3. The standard InChI is InChI=1S/C16H22N2O2/c17-12-13-8-10-18(11-9-13)16(20)7-6-15(19)14-4-2-1-3-5-14/h1-5,13H,6-12,17H2. The number of carbonyl (C=O) groups excluding carboxylic acids is 2. The van der Waals surface area contributed by atoms with Crippen LogP contribution in [0.1, 0.15) is 36.0 Å². The highest BCUT2D eigenvalue weighted by atomic mass is 16.2. The fourth-order valence-corrected chi connectivity index (χ4v) is 2.57. The van der Waals surface area contributed by atoms with Crippen LogP contribution in [-0.4, -0.2) is 36.2 Å². The van der Waals surface area contributed by atoms with Crippen LogP contribution in [0.4, 0.5) is 0 Å². The summed E-state index contributed by atoms with van der Waals surface area (Å²) in [6.07, 6.45) is 2.56. The third-order valence-corrected chi connectivity index (χ3v) is 3.96. The smallest absolute Gasteiger partial charge is 0.223 e. The van der Waals surface area contributed by atoms with E-state index in [0.717, 1.165) is 25.9 Å². The molecule has 2 rings (SSSR count). The second kappa shape index (κ2) is 7.20. The van der Waals surface area contributed by atoms with Crippen LogP contribution in [-0.2, 0) is 4.79 Å². The third-order valence-electron chi connectivity index (χ3n) is 3.96. The third kappa shape index (κ3) is 3.90. The number of benzene rings is 1. The lowest BCUT2D eigenvalue weighted by molar-refractivity contribution is -0.132. The number of ketones is 1. The molecule has 1 heterocycles. The Morgan fingerprint density at radius 3 is 2.35 bits per heavy atom. The molecule has 1 saturated heterocycles. The molecule has 1 amide bonds.